The number of aromatic nitrogens is 1. The molecule has 0 aliphatic heterocycles. The van der Waals surface area contributed by atoms with Crippen LogP contribution >= 0.6 is 0 Å². The van der Waals surface area contributed by atoms with E-state index in [0.717, 1.165) is 31.5 Å². The molecule has 1 aromatic heterocycles. The van der Waals surface area contributed by atoms with Crippen molar-refractivity contribution in [3.8, 4) is 0 Å². The van der Waals surface area contributed by atoms with Crippen LogP contribution in [-0.2, 0) is 17.9 Å². The van der Waals surface area contributed by atoms with Crippen LogP contribution in [0.5, 0.6) is 0 Å². The molecule has 1 amide bonds. The van der Waals surface area contributed by atoms with E-state index in [0.29, 0.717) is 6.54 Å². The number of carbonyl (C=O) groups excluding carboxylic acids is 1. The average Bonchev–Trinajstić information content (AvgIpc) is 3.16. The van der Waals surface area contributed by atoms with E-state index in [4.69, 9.17) is 0 Å². The molecule has 1 atom stereocenters. The Balaban J connectivity index is 1.78. The number of benzene rings is 2. The second kappa shape index (κ2) is 9.93. The maximum Gasteiger partial charge on any atom is 0.230 e. The Bertz CT molecular complexity index is 855. The number of nitrogens with zero attached hydrogens (tertiary/aromatic N) is 2. The maximum absolute atomic E-state index is 13.4. The second-order valence-electron chi connectivity index (χ2n) is 7.24. The molecule has 146 valence electrons. The van der Waals surface area contributed by atoms with Crippen LogP contribution in [0.1, 0.15) is 49.4 Å². The van der Waals surface area contributed by atoms with Crippen molar-refractivity contribution in [2.75, 3.05) is 6.54 Å². The van der Waals surface area contributed by atoms with Crippen LogP contribution in [0, 0.1) is 0 Å². The minimum Gasteiger partial charge on any atom is -0.345 e. The van der Waals surface area contributed by atoms with Crippen molar-refractivity contribution in [3.05, 3.63) is 95.8 Å². The number of carbonyl (C=O) groups is 1. The summed E-state index contributed by atoms with van der Waals surface area (Å²) in [6, 6.07) is 24.8. The standard InChI is InChI=1S/C25H30N2O/c1-3-17-27(25(28)24(4-2)22-14-9-6-10-15-22)20-23-16-11-18-26(23)19-21-12-7-5-8-13-21/h5-16,18,24H,3-4,17,19-20H2,1-2H3. The van der Waals surface area contributed by atoms with Crippen molar-refractivity contribution in [1.29, 1.82) is 0 Å². The average molecular weight is 375 g/mol. The Kier molecular flexibility index (Phi) is 7.07. The van der Waals surface area contributed by atoms with Crippen molar-refractivity contribution in [2.45, 2.75) is 45.7 Å². The van der Waals surface area contributed by atoms with Gasteiger partial charge < -0.3 is 9.47 Å². The Labute approximate surface area is 168 Å². The highest BCUT2D eigenvalue weighted by Gasteiger charge is 2.24. The molecule has 1 unspecified atom stereocenters. The van der Waals surface area contributed by atoms with Gasteiger partial charge in [0.2, 0.25) is 5.91 Å². The summed E-state index contributed by atoms with van der Waals surface area (Å²) >= 11 is 0. The molecule has 3 nitrogen and oxygen atoms in total. The summed E-state index contributed by atoms with van der Waals surface area (Å²) in [5.74, 6) is 0.147. The molecule has 0 aliphatic carbocycles. The van der Waals surface area contributed by atoms with Gasteiger partial charge in [0.05, 0.1) is 12.5 Å². The molecule has 2 aromatic carbocycles. The summed E-state index contributed by atoms with van der Waals surface area (Å²) < 4.78 is 2.24. The highest BCUT2D eigenvalue weighted by atomic mass is 16.2. The van der Waals surface area contributed by atoms with Gasteiger partial charge in [0.1, 0.15) is 0 Å². The smallest absolute Gasteiger partial charge is 0.230 e. The lowest BCUT2D eigenvalue weighted by molar-refractivity contribution is -0.133. The van der Waals surface area contributed by atoms with Gasteiger partial charge in [-0.3, -0.25) is 4.79 Å². The number of rotatable bonds is 9. The van der Waals surface area contributed by atoms with Gasteiger partial charge in [-0.05, 0) is 36.1 Å². The molecule has 0 bridgehead atoms. The number of hydrogen-bond donors (Lipinski definition) is 0. The third-order valence-corrected chi connectivity index (χ3v) is 5.19. The van der Waals surface area contributed by atoms with Gasteiger partial charge >= 0.3 is 0 Å². The molecule has 28 heavy (non-hydrogen) atoms. The zero-order valence-corrected chi connectivity index (χ0v) is 16.9. The van der Waals surface area contributed by atoms with Crippen LogP contribution in [0.2, 0.25) is 0 Å². The first-order valence-corrected chi connectivity index (χ1v) is 10.2. The topological polar surface area (TPSA) is 25.2 Å². The molecule has 0 spiro atoms. The van der Waals surface area contributed by atoms with Crippen LogP contribution in [0.4, 0.5) is 0 Å². The van der Waals surface area contributed by atoms with Crippen LogP contribution in [0.3, 0.4) is 0 Å². The van der Waals surface area contributed by atoms with Gasteiger partial charge in [0.15, 0.2) is 0 Å². The normalized spacial score (nSPS) is 11.9. The first-order chi connectivity index (χ1) is 13.7. The van der Waals surface area contributed by atoms with E-state index in [2.05, 4.69) is 73.1 Å². The van der Waals surface area contributed by atoms with E-state index in [-0.39, 0.29) is 11.8 Å². The van der Waals surface area contributed by atoms with Gasteiger partial charge in [-0.1, -0.05) is 74.5 Å². The molecule has 0 radical (unpaired) electrons. The molecule has 3 aromatic rings. The van der Waals surface area contributed by atoms with E-state index in [1.54, 1.807) is 0 Å². The Morgan fingerprint density at radius 1 is 0.929 bits per heavy atom. The van der Waals surface area contributed by atoms with Crippen molar-refractivity contribution in [3.63, 3.8) is 0 Å². The largest absolute Gasteiger partial charge is 0.345 e. The summed E-state index contributed by atoms with van der Waals surface area (Å²) in [5, 5.41) is 0. The predicted molar refractivity (Wildman–Crippen MR) is 115 cm³/mol. The van der Waals surface area contributed by atoms with Crippen LogP contribution < -0.4 is 0 Å². The maximum atomic E-state index is 13.4. The quantitative estimate of drug-likeness (QED) is 0.488. The number of hydrogen-bond acceptors (Lipinski definition) is 1. The summed E-state index contributed by atoms with van der Waals surface area (Å²) in [6.45, 7) is 6.48. The molecular formula is C25H30N2O. The highest BCUT2D eigenvalue weighted by molar-refractivity contribution is 5.83. The molecular weight excluding hydrogens is 344 g/mol. The SMILES string of the molecule is CCCN(Cc1cccn1Cc1ccccc1)C(=O)C(CC)c1ccccc1. The van der Waals surface area contributed by atoms with E-state index in [1.807, 2.05) is 29.2 Å². The van der Waals surface area contributed by atoms with Crippen molar-refractivity contribution in [2.24, 2.45) is 0 Å². The third-order valence-electron chi connectivity index (χ3n) is 5.19. The Morgan fingerprint density at radius 2 is 1.61 bits per heavy atom. The van der Waals surface area contributed by atoms with E-state index in [1.165, 1.54) is 11.3 Å². The van der Waals surface area contributed by atoms with Crippen molar-refractivity contribution in [1.82, 2.24) is 9.47 Å². The minimum atomic E-state index is -0.0784. The molecule has 0 N–H and O–H groups in total. The zero-order chi connectivity index (χ0) is 19.8. The highest BCUT2D eigenvalue weighted by Crippen LogP contribution is 2.23. The summed E-state index contributed by atoms with van der Waals surface area (Å²) in [5.41, 5.74) is 3.55. The second-order valence-corrected chi connectivity index (χ2v) is 7.24. The lowest BCUT2D eigenvalue weighted by Gasteiger charge is -2.27. The molecule has 1 heterocycles. The van der Waals surface area contributed by atoms with E-state index < -0.39 is 0 Å². The monoisotopic (exact) mass is 374 g/mol. The zero-order valence-electron chi connectivity index (χ0n) is 16.9. The van der Waals surface area contributed by atoms with Gasteiger partial charge in [-0.25, -0.2) is 0 Å². The van der Waals surface area contributed by atoms with E-state index in [9.17, 15) is 4.79 Å². The minimum absolute atomic E-state index is 0.0784. The predicted octanol–water partition coefficient (Wildman–Crippen LogP) is 5.47. The first-order valence-electron chi connectivity index (χ1n) is 10.2. The summed E-state index contributed by atoms with van der Waals surface area (Å²) in [6.07, 6.45) is 3.87. The fourth-order valence-electron chi connectivity index (χ4n) is 3.72. The fourth-order valence-corrected chi connectivity index (χ4v) is 3.72. The molecule has 3 heteroatoms. The van der Waals surface area contributed by atoms with E-state index >= 15 is 0 Å². The summed E-state index contributed by atoms with van der Waals surface area (Å²) in [4.78, 5) is 15.4. The third kappa shape index (κ3) is 4.92. The van der Waals surface area contributed by atoms with Gasteiger partial charge in [0, 0.05) is 25.0 Å². The summed E-state index contributed by atoms with van der Waals surface area (Å²) in [7, 11) is 0. The molecule has 3 rings (SSSR count). The number of amides is 1. The van der Waals surface area contributed by atoms with Crippen LogP contribution in [0.15, 0.2) is 79.0 Å². The van der Waals surface area contributed by atoms with Gasteiger partial charge in [-0.2, -0.15) is 0 Å². The van der Waals surface area contributed by atoms with Gasteiger partial charge in [-0.15, -0.1) is 0 Å². The Morgan fingerprint density at radius 3 is 2.25 bits per heavy atom. The Hall–Kier alpha value is -2.81. The molecule has 0 saturated carbocycles. The van der Waals surface area contributed by atoms with Crippen molar-refractivity contribution >= 4 is 5.91 Å². The molecule has 0 aliphatic rings. The van der Waals surface area contributed by atoms with Crippen LogP contribution in [0.25, 0.3) is 0 Å². The van der Waals surface area contributed by atoms with Crippen LogP contribution in [-0.4, -0.2) is 21.9 Å². The molecule has 0 saturated heterocycles. The van der Waals surface area contributed by atoms with Crippen molar-refractivity contribution < 1.29 is 4.79 Å². The first kappa shape index (κ1) is 19.9. The lowest BCUT2D eigenvalue weighted by atomic mass is 9.95. The molecule has 0 fully saturated rings. The lowest BCUT2D eigenvalue weighted by Crippen LogP contribution is -2.36. The van der Waals surface area contributed by atoms with Gasteiger partial charge in [0.25, 0.3) is 0 Å². The fraction of sp³-hybridized carbons (Fsp3) is 0.320.